The van der Waals surface area contributed by atoms with Gasteiger partial charge in [-0.25, -0.2) is 0 Å². The van der Waals surface area contributed by atoms with E-state index in [0.717, 1.165) is 5.56 Å². The number of nitrogens with zero attached hydrogens (tertiary/aromatic N) is 3. The van der Waals surface area contributed by atoms with Crippen molar-refractivity contribution in [1.82, 2.24) is 19.7 Å². The molecule has 0 aliphatic carbocycles. The molecule has 3 amide bonds. The van der Waals surface area contributed by atoms with Crippen LogP contribution in [-0.4, -0.2) is 32.1 Å². The molecule has 1 aromatic carbocycles. The van der Waals surface area contributed by atoms with Crippen LogP contribution >= 0.6 is 0 Å². The molecule has 0 aliphatic rings. The maximum atomic E-state index is 12.4. The Morgan fingerprint density at radius 2 is 2.00 bits per heavy atom. The highest BCUT2D eigenvalue weighted by molar-refractivity contribution is 5.98. The zero-order chi connectivity index (χ0) is 20.1. The number of aromatic nitrogens is 3. The molecule has 0 atom stereocenters. The van der Waals surface area contributed by atoms with Crippen LogP contribution < -0.4 is 16.4 Å². The van der Waals surface area contributed by atoms with Gasteiger partial charge in [-0.15, -0.1) is 0 Å². The summed E-state index contributed by atoms with van der Waals surface area (Å²) in [7, 11) is 1.66. The third-order valence-corrected chi connectivity index (χ3v) is 4.05. The summed E-state index contributed by atoms with van der Waals surface area (Å²) in [6.07, 6.45) is 4.82. The van der Waals surface area contributed by atoms with E-state index in [1.165, 1.54) is 16.9 Å². The number of nitrogens with one attached hydrogen (secondary N) is 2. The molecule has 0 radical (unpaired) electrons. The number of nitrogens with two attached hydrogens (primary N) is 1. The Labute approximate surface area is 161 Å². The lowest BCUT2D eigenvalue weighted by Crippen LogP contribution is -2.25. The highest BCUT2D eigenvalue weighted by Crippen LogP contribution is 2.12. The van der Waals surface area contributed by atoms with E-state index in [0.29, 0.717) is 11.4 Å². The van der Waals surface area contributed by atoms with E-state index < -0.39 is 5.91 Å². The van der Waals surface area contributed by atoms with Crippen LogP contribution in [0.5, 0.6) is 0 Å². The summed E-state index contributed by atoms with van der Waals surface area (Å²) < 4.78 is 3.07. The largest absolute Gasteiger partial charge is 0.366 e. The predicted molar refractivity (Wildman–Crippen MR) is 102 cm³/mol. The number of aryl methyl sites for hydroxylation is 1. The van der Waals surface area contributed by atoms with Gasteiger partial charge in [0.25, 0.3) is 5.91 Å². The summed E-state index contributed by atoms with van der Waals surface area (Å²) in [5.74, 6) is -1.12. The maximum absolute atomic E-state index is 12.4. The Morgan fingerprint density at radius 3 is 2.68 bits per heavy atom. The van der Waals surface area contributed by atoms with E-state index in [1.807, 2.05) is 6.07 Å². The molecule has 0 saturated carbocycles. The number of rotatable bonds is 7. The number of primary amides is 1. The summed E-state index contributed by atoms with van der Waals surface area (Å²) in [5.41, 5.74) is 7.28. The van der Waals surface area contributed by atoms with E-state index in [2.05, 4.69) is 15.7 Å². The molecule has 9 heteroatoms. The lowest BCUT2D eigenvalue weighted by Gasteiger charge is -2.09. The molecule has 0 aliphatic heterocycles. The quantitative estimate of drug-likeness (QED) is 0.563. The zero-order valence-corrected chi connectivity index (χ0v) is 15.3. The molecule has 0 fully saturated rings. The average molecular weight is 380 g/mol. The van der Waals surface area contributed by atoms with E-state index in [4.69, 9.17) is 5.73 Å². The monoisotopic (exact) mass is 380 g/mol. The van der Waals surface area contributed by atoms with Gasteiger partial charge in [-0.2, -0.15) is 5.10 Å². The van der Waals surface area contributed by atoms with Gasteiger partial charge in [0.15, 0.2) is 0 Å². The SMILES string of the molecule is Cn1cc(C(N)=O)cc1C(=O)NCc1cccc(NC(=O)Cn2cccn2)c1. The molecule has 3 rings (SSSR count). The molecule has 28 heavy (non-hydrogen) atoms. The second kappa shape index (κ2) is 8.21. The van der Waals surface area contributed by atoms with Crippen LogP contribution in [0.1, 0.15) is 26.4 Å². The number of benzene rings is 1. The van der Waals surface area contributed by atoms with E-state index in [1.54, 1.807) is 48.3 Å². The summed E-state index contributed by atoms with van der Waals surface area (Å²) in [6, 6.07) is 10.4. The molecule has 2 heterocycles. The van der Waals surface area contributed by atoms with Crippen molar-refractivity contribution in [2.75, 3.05) is 5.32 Å². The van der Waals surface area contributed by atoms with Crippen molar-refractivity contribution in [2.24, 2.45) is 12.8 Å². The van der Waals surface area contributed by atoms with E-state index >= 15 is 0 Å². The Bertz CT molecular complexity index is 1010. The molecular formula is C19H20N6O3. The molecule has 0 bridgehead atoms. The van der Waals surface area contributed by atoms with Gasteiger partial charge in [-0.1, -0.05) is 12.1 Å². The number of carbonyl (C=O) groups is 3. The van der Waals surface area contributed by atoms with Gasteiger partial charge in [-0.05, 0) is 29.8 Å². The van der Waals surface area contributed by atoms with Gasteiger partial charge < -0.3 is 20.9 Å². The lowest BCUT2D eigenvalue weighted by atomic mass is 10.2. The molecule has 0 spiro atoms. The number of hydrogen-bond donors (Lipinski definition) is 3. The van der Waals surface area contributed by atoms with Crippen LogP contribution in [0.15, 0.2) is 55.0 Å². The maximum Gasteiger partial charge on any atom is 0.268 e. The fourth-order valence-electron chi connectivity index (χ4n) is 2.70. The molecule has 4 N–H and O–H groups in total. The summed E-state index contributed by atoms with van der Waals surface area (Å²) >= 11 is 0. The Kier molecular flexibility index (Phi) is 5.54. The first-order valence-electron chi connectivity index (χ1n) is 8.53. The van der Waals surface area contributed by atoms with Crippen molar-refractivity contribution >= 4 is 23.4 Å². The number of hydrogen-bond acceptors (Lipinski definition) is 4. The number of anilines is 1. The van der Waals surface area contributed by atoms with Crippen molar-refractivity contribution in [3.05, 3.63) is 71.8 Å². The van der Waals surface area contributed by atoms with Crippen molar-refractivity contribution < 1.29 is 14.4 Å². The molecule has 144 valence electrons. The van der Waals surface area contributed by atoms with Gasteiger partial charge in [0.1, 0.15) is 12.2 Å². The van der Waals surface area contributed by atoms with Gasteiger partial charge in [0.05, 0.1) is 5.56 Å². The molecule has 0 saturated heterocycles. The van der Waals surface area contributed by atoms with Gasteiger partial charge in [0, 0.05) is 37.9 Å². The number of amides is 3. The van der Waals surface area contributed by atoms with Crippen LogP contribution in [0.4, 0.5) is 5.69 Å². The normalized spacial score (nSPS) is 10.5. The summed E-state index contributed by atoms with van der Waals surface area (Å²) in [5, 5.41) is 9.57. The smallest absolute Gasteiger partial charge is 0.268 e. The Morgan fingerprint density at radius 1 is 1.18 bits per heavy atom. The zero-order valence-electron chi connectivity index (χ0n) is 15.3. The first-order chi connectivity index (χ1) is 13.4. The van der Waals surface area contributed by atoms with Crippen molar-refractivity contribution in [3.8, 4) is 0 Å². The summed E-state index contributed by atoms with van der Waals surface area (Å²) in [6.45, 7) is 0.377. The molecule has 3 aromatic rings. The van der Waals surface area contributed by atoms with Gasteiger partial charge in [-0.3, -0.25) is 19.1 Å². The lowest BCUT2D eigenvalue weighted by molar-refractivity contribution is -0.116. The fraction of sp³-hybridized carbons (Fsp3) is 0.158. The molecule has 9 nitrogen and oxygen atoms in total. The number of carbonyl (C=O) groups excluding carboxylic acids is 3. The second-order valence-corrected chi connectivity index (χ2v) is 6.22. The Balaban J connectivity index is 1.59. The minimum atomic E-state index is -0.590. The second-order valence-electron chi connectivity index (χ2n) is 6.22. The molecular weight excluding hydrogens is 360 g/mol. The summed E-state index contributed by atoms with van der Waals surface area (Å²) in [4.78, 5) is 35.6. The van der Waals surface area contributed by atoms with E-state index in [-0.39, 0.29) is 30.5 Å². The Hall–Kier alpha value is -3.88. The van der Waals surface area contributed by atoms with Crippen molar-refractivity contribution in [2.45, 2.75) is 13.1 Å². The van der Waals surface area contributed by atoms with Crippen LogP contribution in [0, 0.1) is 0 Å². The van der Waals surface area contributed by atoms with Gasteiger partial charge >= 0.3 is 0 Å². The van der Waals surface area contributed by atoms with Crippen molar-refractivity contribution in [1.29, 1.82) is 0 Å². The molecule has 2 aromatic heterocycles. The average Bonchev–Trinajstić information content (AvgIpc) is 3.29. The first kappa shape index (κ1) is 18.9. The molecule has 0 unspecified atom stereocenters. The third-order valence-electron chi connectivity index (χ3n) is 4.05. The van der Waals surface area contributed by atoms with Crippen LogP contribution in [-0.2, 0) is 24.9 Å². The third kappa shape index (κ3) is 4.64. The topological polar surface area (TPSA) is 124 Å². The van der Waals surface area contributed by atoms with Crippen LogP contribution in [0.25, 0.3) is 0 Å². The van der Waals surface area contributed by atoms with Crippen LogP contribution in [0.3, 0.4) is 0 Å². The highest BCUT2D eigenvalue weighted by atomic mass is 16.2. The van der Waals surface area contributed by atoms with Crippen molar-refractivity contribution in [3.63, 3.8) is 0 Å². The van der Waals surface area contributed by atoms with E-state index in [9.17, 15) is 14.4 Å². The standard InChI is InChI=1S/C19H20N6O3/c1-24-11-14(18(20)27)9-16(24)19(28)21-10-13-4-2-5-15(8-13)23-17(26)12-25-7-3-6-22-25/h2-9,11H,10,12H2,1H3,(H2,20,27)(H,21,28)(H,23,26). The predicted octanol–water partition coefficient (Wildman–Crippen LogP) is 0.889. The first-order valence-corrected chi connectivity index (χ1v) is 8.53. The fourth-order valence-corrected chi connectivity index (χ4v) is 2.70. The minimum Gasteiger partial charge on any atom is -0.366 e. The minimum absolute atomic E-state index is 0.115. The van der Waals surface area contributed by atoms with Gasteiger partial charge in [0.2, 0.25) is 11.8 Å². The van der Waals surface area contributed by atoms with Crippen LogP contribution in [0.2, 0.25) is 0 Å². The highest BCUT2D eigenvalue weighted by Gasteiger charge is 2.14.